The highest BCUT2D eigenvalue weighted by Gasteiger charge is 2.32. The van der Waals surface area contributed by atoms with Crippen LogP contribution in [0.1, 0.15) is 32.3 Å². The van der Waals surface area contributed by atoms with E-state index in [1.54, 1.807) is 0 Å². The quantitative estimate of drug-likeness (QED) is 0.835. The molecule has 0 aromatic heterocycles. The Kier molecular flexibility index (Phi) is 4.28. The second-order valence-electron chi connectivity index (χ2n) is 6.05. The van der Waals surface area contributed by atoms with Gasteiger partial charge in [-0.05, 0) is 45.7 Å². The zero-order valence-corrected chi connectivity index (χ0v) is 13.3. The number of ether oxygens (including phenoxy) is 1. The van der Waals surface area contributed by atoms with E-state index < -0.39 is 15.8 Å². The van der Waals surface area contributed by atoms with Gasteiger partial charge in [0.2, 0.25) is 10.0 Å². The van der Waals surface area contributed by atoms with Gasteiger partial charge in [-0.2, -0.15) is 0 Å². The van der Waals surface area contributed by atoms with E-state index in [9.17, 15) is 12.8 Å². The summed E-state index contributed by atoms with van der Waals surface area (Å²) in [5.74, 6) is -0.623. The molecule has 5 nitrogen and oxygen atoms in total. The lowest BCUT2D eigenvalue weighted by Gasteiger charge is -2.35. The van der Waals surface area contributed by atoms with Crippen LogP contribution in [0.3, 0.4) is 0 Å². The summed E-state index contributed by atoms with van der Waals surface area (Å²) >= 11 is 0. The predicted octanol–water partition coefficient (Wildman–Crippen LogP) is 1.95. The number of nitrogens with one attached hydrogen (secondary N) is 1. The van der Waals surface area contributed by atoms with E-state index in [2.05, 4.69) is 4.72 Å². The molecule has 1 heterocycles. The minimum atomic E-state index is -3.81. The Hall–Kier alpha value is -1.18. The van der Waals surface area contributed by atoms with E-state index in [0.717, 1.165) is 6.07 Å². The summed E-state index contributed by atoms with van der Waals surface area (Å²) in [6, 6.07) is 2.17. The van der Waals surface area contributed by atoms with Crippen molar-refractivity contribution in [1.29, 1.82) is 0 Å². The molecule has 1 aliphatic rings. The van der Waals surface area contributed by atoms with Gasteiger partial charge in [-0.15, -0.1) is 0 Å². The van der Waals surface area contributed by atoms with Crippen molar-refractivity contribution < 1.29 is 17.5 Å². The van der Waals surface area contributed by atoms with Crippen LogP contribution in [0.2, 0.25) is 0 Å². The van der Waals surface area contributed by atoms with Crippen LogP contribution in [0, 0.1) is 12.7 Å². The molecule has 0 saturated carbocycles. The van der Waals surface area contributed by atoms with Crippen molar-refractivity contribution in [3.63, 3.8) is 0 Å². The largest absolute Gasteiger partial charge is 0.399 e. The van der Waals surface area contributed by atoms with Gasteiger partial charge >= 0.3 is 0 Å². The minimum Gasteiger partial charge on any atom is -0.399 e. The summed E-state index contributed by atoms with van der Waals surface area (Å²) < 4.78 is 46.8. The van der Waals surface area contributed by atoms with Crippen molar-refractivity contribution in [2.24, 2.45) is 0 Å². The molecule has 118 valence electrons. The van der Waals surface area contributed by atoms with Crippen LogP contribution in [0.5, 0.6) is 0 Å². The monoisotopic (exact) mass is 316 g/mol. The van der Waals surface area contributed by atoms with Gasteiger partial charge in [0.25, 0.3) is 0 Å². The summed E-state index contributed by atoms with van der Waals surface area (Å²) in [6.07, 6.45) is 1.16. The number of halogens is 1. The summed E-state index contributed by atoms with van der Waals surface area (Å²) in [5, 5.41) is 0. The first-order valence-electron chi connectivity index (χ1n) is 6.83. The van der Waals surface area contributed by atoms with E-state index >= 15 is 0 Å². The number of anilines is 1. The van der Waals surface area contributed by atoms with Crippen LogP contribution in [0.4, 0.5) is 10.1 Å². The highest BCUT2D eigenvalue weighted by atomic mass is 32.2. The zero-order valence-electron chi connectivity index (χ0n) is 12.4. The molecule has 1 aromatic rings. The van der Waals surface area contributed by atoms with Gasteiger partial charge in [0, 0.05) is 23.9 Å². The molecule has 1 fully saturated rings. The van der Waals surface area contributed by atoms with Crippen molar-refractivity contribution in [2.45, 2.75) is 50.2 Å². The number of sulfonamides is 1. The number of nitrogens with two attached hydrogens (primary N) is 1. The fourth-order valence-electron chi connectivity index (χ4n) is 2.57. The summed E-state index contributed by atoms with van der Waals surface area (Å²) in [4.78, 5) is -0.107. The Morgan fingerprint density at radius 3 is 2.71 bits per heavy atom. The van der Waals surface area contributed by atoms with Gasteiger partial charge in [0.05, 0.1) is 10.5 Å². The van der Waals surface area contributed by atoms with Crippen LogP contribution in [0.25, 0.3) is 0 Å². The molecule has 21 heavy (non-hydrogen) atoms. The van der Waals surface area contributed by atoms with Crippen LogP contribution in [-0.4, -0.2) is 26.7 Å². The number of hydrogen-bond donors (Lipinski definition) is 2. The van der Waals surface area contributed by atoms with Gasteiger partial charge in [-0.25, -0.2) is 17.5 Å². The van der Waals surface area contributed by atoms with E-state index in [1.165, 1.54) is 13.0 Å². The van der Waals surface area contributed by atoms with Gasteiger partial charge in [-0.1, -0.05) is 0 Å². The lowest BCUT2D eigenvalue weighted by molar-refractivity contribution is -0.0599. The summed E-state index contributed by atoms with van der Waals surface area (Å²) in [6.45, 7) is 5.75. The Morgan fingerprint density at radius 1 is 1.43 bits per heavy atom. The van der Waals surface area contributed by atoms with Gasteiger partial charge < -0.3 is 10.5 Å². The lowest BCUT2D eigenvalue weighted by atomic mass is 9.95. The van der Waals surface area contributed by atoms with E-state index in [1.807, 2.05) is 13.8 Å². The molecule has 0 spiro atoms. The van der Waals surface area contributed by atoms with Crippen molar-refractivity contribution >= 4 is 15.7 Å². The maximum atomic E-state index is 13.7. The number of hydrogen-bond acceptors (Lipinski definition) is 4. The molecule has 1 atom stereocenters. The van der Waals surface area contributed by atoms with Crippen LogP contribution < -0.4 is 10.5 Å². The fourth-order valence-corrected chi connectivity index (χ4v) is 4.13. The first kappa shape index (κ1) is 16.2. The van der Waals surface area contributed by atoms with Crippen LogP contribution >= 0.6 is 0 Å². The Morgan fingerprint density at radius 2 is 2.10 bits per heavy atom. The molecular formula is C14H21FN2O3S. The smallest absolute Gasteiger partial charge is 0.241 e. The van der Waals surface area contributed by atoms with E-state index in [4.69, 9.17) is 10.5 Å². The van der Waals surface area contributed by atoms with Crippen molar-refractivity contribution in [2.75, 3.05) is 12.3 Å². The first-order valence-corrected chi connectivity index (χ1v) is 8.31. The number of benzene rings is 1. The molecule has 2 rings (SSSR count). The Balaban J connectivity index is 2.27. The van der Waals surface area contributed by atoms with Crippen LogP contribution in [-0.2, 0) is 14.8 Å². The zero-order chi connectivity index (χ0) is 15.8. The summed E-state index contributed by atoms with van der Waals surface area (Å²) in [7, 11) is -3.81. The fraction of sp³-hybridized carbons (Fsp3) is 0.571. The van der Waals surface area contributed by atoms with Crippen molar-refractivity contribution in [3.8, 4) is 0 Å². The molecular weight excluding hydrogens is 295 g/mol. The second-order valence-corrected chi connectivity index (χ2v) is 7.73. The maximum absolute atomic E-state index is 13.7. The molecule has 1 saturated heterocycles. The summed E-state index contributed by atoms with van der Waals surface area (Å²) in [5.41, 5.74) is 5.34. The lowest BCUT2D eigenvalue weighted by Crippen LogP contribution is -2.45. The SMILES string of the molecule is Cc1c(F)cc(N)cc1S(=O)(=O)NC1CCOC(C)(C)C1. The van der Waals surface area contributed by atoms with Crippen molar-refractivity contribution in [1.82, 2.24) is 4.72 Å². The second kappa shape index (κ2) is 5.55. The maximum Gasteiger partial charge on any atom is 0.241 e. The van der Waals surface area contributed by atoms with Crippen molar-refractivity contribution in [3.05, 3.63) is 23.5 Å². The molecule has 3 N–H and O–H groups in total. The first-order chi connectivity index (χ1) is 9.61. The third-order valence-electron chi connectivity index (χ3n) is 3.63. The van der Waals surface area contributed by atoms with E-state index in [-0.39, 0.29) is 27.8 Å². The third-order valence-corrected chi connectivity index (χ3v) is 5.27. The molecule has 1 aromatic carbocycles. The number of rotatable bonds is 3. The minimum absolute atomic E-state index is 0.0722. The normalized spacial score (nSPS) is 22.2. The van der Waals surface area contributed by atoms with E-state index in [0.29, 0.717) is 19.4 Å². The van der Waals surface area contributed by atoms with Gasteiger partial charge in [0.1, 0.15) is 5.82 Å². The molecule has 0 radical (unpaired) electrons. The Labute approximate surface area is 124 Å². The highest BCUT2D eigenvalue weighted by molar-refractivity contribution is 7.89. The molecule has 0 amide bonds. The van der Waals surface area contributed by atoms with Gasteiger partial charge in [-0.3, -0.25) is 0 Å². The molecule has 7 heteroatoms. The topological polar surface area (TPSA) is 81.4 Å². The molecule has 0 bridgehead atoms. The third kappa shape index (κ3) is 3.72. The Bertz CT molecular complexity index is 644. The van der Waals surface area contributed by atoms with Gasteiger partial charge in [0.15, 0.2) is 0 Å². The number of nitrogen functional groups attached to an aromatic ring is 1. The highest BCUT2D eigenvalue weighted by Crippen LogP contribution is 2.27. The average molecular weight is 316 g/mol. The molecule has 1 aliphatic heterocycles. The standard InChI is InChI=1S/C14H21FN2O3S/c1-9-12(15)6-10(16)7-13(9)21(18,19)17-11-4-5-20-14(2,3)8-11/h6-7,11,17H,4-5,8,16H2,1-3H3. The van der Waals surface area contributed by atoms with Crippen LogP contribution in [0.15, 0.2) is 17.0 Å². The molecule has 1 unspecified atom stereocenters. The average Bonchev–Trinajstić information content (AvgIpc) is 2.31. The molecule has 0 aliphatic carbocycles. The predicted molar refractivity (Wildman–Crippen MR) is 78.9 cm³/mol.